The van der Waals surface area contributed by atoms with Gasteiger partial charge in [0.2, 0.25) is 5.91 Å². The van der Waals surface area contributed by atoms with Gasteiger partial charge in [-0.2, -0.15) is 0 Å². The Morgan fingerprint density at radius 1 is 1.17 bits per heavy atom. The summed E-state index contributed by atoms with van der Waals surface area (Å²) in [5.74, 6) is -0.0167. The summed E-state index contributed by atoms with van der Waals surface area (Å²) in [6.45, 7) is 0.662. The number of aromatic nitrogens is 1. The van der Waals surface area contributed by atoms with Crippen molar-refractivity contribution in [3.8, 4) is 0 Å². The lowest BCUT2D eigenvalue weighted by Crippen LogP contribution is -2.34. The minimum atomic E-state index is -0.0167. The van der Waals surface area contributed by atoms with Crippen LogP contribution in [-0.2, 0) is 11.3 Å². The summed E-state index contributed by atoms with van der Waals surface area (Å²) in [4.78, 5) is 11.7. The fraction of sp³-hybridized carbons (Fsp3) is 0.143. The van der Waals surface area contributed by atoms with Gasteiger partial charge in [0.05, 0.1) is 6.42 Å². The second-order valence-corrected chi connectivity index (χ2v) is 4.04. The molecule has 0 unspecified atom stereocenters. The summed E-state index contributed by atoms with van der Waals surface area (Å²) >= 11 is 0. The average molecular weight is 242 g/mol. The van der Waals surface area contributed by atoms with Crippen molar-refractivity contribution in [2.45, 2.75) is 13.0 Å². The maximum atomic E-state index is 11.7. The number of nitrogens with one attached hydrogen (secondary N) is 1. The number of carbonyl (C=O) groups is 1. The van der Waals surface area contributed by atoms with Gasteiger partial charge in [0.1, 0.15) is 0 Å². The minimum absolute atomic E-state index is 0.0167. The van der Waals surface area contributed by atoms with Crippen molar-refractivity contribution in [3.63, 3.8) is 0 Å². The first-order chi connectivity index (χ1) is 8.74. The number of carbonyl (C=O) groups excluding carboxylic acids is 1. The Hall–Kier alpha value is -2.36. The Kier molecular flexibility index (Phi) is 3.91. The molecule has 0 atom stereocenters. The zero-order chi connectivity index (χ0) is 12.8. The molecule has 0 bridgehead atoms. The van der Waals surface area contributed by atoms with Gasteiger partial charge in [-0.05, 0) is 18.2 Å². The van der Waals surface area contributed by atoms with Crippen LogP contribution in [0.25, 0.3) is 0 Å². The van der Waals surface area contributed by atoms with Crippen molar-refractivity contribution < 1.29 is 9.36 Å². The van der Waals surface area contributed by atoms with Gasteiger partial charge in [0.25, 0.3) is 0 Å². The first kappa shape index (κ1) is 12.1. The van der Waals surface area contributed by atoms with E-state index >= 15 is 0 Å². The number of hydrogen-bond acceptors (Lipinski definition) is 2. The second-order valence-electron chi connectivity index (χ2n) is 4.04. The third-order valence-corrected chi connectivity index (χ3v) is 2.54. The Bertz CT molecular complexity index is 526. The molecule has 2 aromatic rings. The Balaban J connectivity index is 1.86. The van der Waals surface area contributed by atoms with E-state index in [0.717, 1.165) is 5.69 Å². The van der Waals surface area contributed by atoms with Gasteiger partial charge in [0, 0.05) is 23.5 Å². The van der Waals surface area contributed by atoms with Gasteiger partial charge in [-0.1, -0.05) is 12.1 Å². The maximum Gasteiger partial charge on any atom is 0.230 e. The molecule has 0 saturated carbocycles. The SMILES string of the molecule is Nc1cccc(NC(=O)CC[n+]2ccccc2)c1. The van der Waals surface area contributed by atoms with E-state index in [9.17, 15) is 4.79 Å². The number of nitrogen functional groups attached to an aromatic ring is 1. The van der Waals surface area contributed by atoms with Crippen LogP contribution in [0.1, 0.15) is 6.42 Å². The molecule has 92 valence electrons. The lowest BCUT2D eigenvalue weighted by molar-refractivity contribution is -0.695. The molecule has 0 spiro atoms. The fourth-order valence-corrected chi connectivity index (χ4v) is 1.65. The van der Waals surface area contributed by atoms with Crippen LogP contribution in [0.4, 0.5) is 11.4 Å². The number of benzene rings is 1. The molecule has 0 fully saturated rings. The highest BCUT2D eigenvalue weighted by molar-refractivity contribution is 5.90. The number of pyridine rings is 1. The van der Waals surface area contributed by atoms with Crippen molar-refractivity contribution in [1.29, 1.82) is 0 Å². The normalized spacial score (nSPS) is 10.0. The summed E-state index contributed by atoms with van der Waals surface area (Å²) in [6, 6.07) is 13.0. The molecule has 0 radical (unpaired) electrons. The number of nitrogens with zero attached hydrogens (tertiary/aromatic N) is 1. The maximum absolute atomic E-state index is 11.7. The van der Waals surface area contributed by atoms with E-state index in [2.05, 4.69) is 5.32 Å². The van der Waals surface area contributed by atoms with Gasteiger partial charge >= 0.3 is 0 Å². The molecule has 0 saturated heterocycles. The first-order valence-electron chi connectivity index (χ1n) is 5.83. The molecule has 0 aliphatic heterocycles. The van der Waals surface area contributed by atoms with E-state index in [0.29, 0.717) is 18.7 Å². The third-order valence-electron chi connectivity index (χ3n) is 2.54. The van der Waals surface area contributed by atoms with Crippen LogP contribution in [-0.4, -0.2) is 5.91 Å². The van der Waals surface area contributed by atoms with Crippen LogP contribution in [0, 0.1) is 0 Å². The standard InChI is InChI=1S/C14H15N3O/c15-12-5-4-6-13(11-12)16-14(18)7-10-17-8-2-1-3-9-17/h1-6,8-9,11H,7,10,15H2/p+1. The summed E-state index contributed by atoms with van der Waals surface area (Å²) < 4.78 is 1.97. The molecule has 4 nitrogen and oxygen atoms in total. The molecule has 2 rings (SSSR count). The summed E-state index contributed by atoms with van der Waals surface area (Å²) in [5.41, 5.74) is 7.02. The zero-order valence-corrected chi connectivity index (χ0v) is 10.0. The molecule has 1 heterocycles. The summed E-state index contributed by atoms with van der Waals surface area (Å²) in [6.07, 6.45) is 4.31. The van der Waals surface area contributed by atoms with Crippen molar-refractivity contribution in [2.24, 2.45) is 0 Å². The summed E-state index contributed by atoms with van der Waals surface area (Å²) in [7, 11) is 0. The van der Waals surface area contributed by atoms with Crippen molar-refractivity contribution in [2.75, 3.05) is 11.1 Å². The van der Waals surface area contributed by atoms with Crippen molar-refractivity contribution in [1.82, 2.24) is 0 Å². The average Bonchev–Trinajstić information content (AvgIpc) is 2.38. The number of anilines is 2. The van der Waals surface area contributed by atoms with E-state index in [4.69, 9.17) is 5.73 Å². The fourth-order valence-electron chi connectivity index (χ4n) is 1.65. The molecular formula is C14H16N3O+. The van der Waals surface area contributed by atoms with Crippen LogP contribution in [0.15, 0.2) is 54.9 Å². The zero-order valence-electron chi connectivity index (χ0n) is 10.0. The number of rotatable bonds is 4. The Morgan fingerprint density at radius 3 is 2.67 bits per heavy atom. The van der Waals surface area contributed by atoms with E-state index in [1.54, 1.807) is 12.1 Å². The molecule has 0 aliphatic rings. The third kappa shape index (κ3) is 3.59. The second kappa shape index (κ2) is 5.82. The topological polar surface area (TPSA) is 59.0 Å². The number of aryl methyl sites for hydroxylation is 1. The molecule has 4 heteroatoms. The first-order valence-corrected chi connectivity index (χ1v) is 5.83. The van der Waals surface area contributed by atoms with Gasteiger partial charge in [-0.15, -0.1) is 0 Å². The van der Waals surface area contributed by atoms with Crippen LogP contribution >= 0.6 is 0 Å². The van der Waals surface area contributed by atoms with Crippen molar-refractivity contribution >= 4 is 17.3 Å². The molecule has 3 N–H and O–H groups in total. The lowest BCUT2D eigenvalue weighted by atomic mass is 10.2. The molecule has 18 heavy (non-hydrogen) atoms. The van der Waals surface area contributed by atoms with E-state index in [1.807, 2.05) is 47.3 Å². The Labute approximate surface area is 106 Å². The van der Waals surface area contributed by atoms with Gasteiger partial charge < -0.3 is 11.1 Å². The molecule has 0 aliphatic carbocycles. The number of hydrogen-bond donors (Lipinski definition) is 2. The predicted molar refractivity (Wildman–Crippen MR) is 70.7 cm³/mol. The van der Waals surface area contributed by atoms with Gasteiger partial charge in [-0.25, -0.2) is 4.57 Å². The monoisotopic (exact) mass is 242 g/mol. The number of nitrogens with two attached hydrogens (primary N) is 1. The van der Waals surface area contributed by atoms with Gasteiger partial charge in [0.15, 0.2) is 18.9 Å². The van der Waals surface area contributed by atoms with Crippen molar-refractivity contribution in [3.05, 3.63) is 54.9 Å². The largest absolute Gasteiger partial charge is 0.399 e. The summed E-state index contributed by atoms with van der Waals surface area (Å²) in [5, 5.41) is 2.82. The number of amides is 1. The van der Waals surface area contributed by atoms with Crippen LogP contribution < -0.4 is 15.6 Å². The minimum Gasteiger partial charge on any atom is -0.399 e. The van der Waals surface area contributed by atoms with E-state index in [-0.39, 0.29) is 5.91 Å². The molecule has 1 aromatic heterocycles. The van der Waals surface area contributed by atoms with E-state index < -0.39 is 0 Å². The highest BCUT2D eigenvalue weighted by Crippen LogP contribution is 2.11. The van der Waals surface area contributed by atoms with Crippen LogP contribution in [0.3, 0.4) is 0 Å². The molecular weight excluding hydrogens is 226 g/mol. The van der Waals surface area contributed by atoms with Crippen LogP contribution in [0.2, 0.25) is 0 Å². The van der Waals surface area contributed by atoms with E-state index in [1.165, 1.54) is 0 Å². The highest BCUT2D eigenvalue weighted by Gasteiger charge is 2.06. The Morgan fingerprint density at radius 2 is 1.94 bits per heavy atom. The van der Waals surface area contributed by atoms with Crippen LogP contribution in [0.5, 0.6) is 0 Å². The smallest absolute Gasteiger partial charge is 0.230 e. The predicted octanol–water partition coefficient (Wildman–Crippen LogP) is 1.59. The lowest BCUT2D eigenvalue weighted by Gasteiger charge is -2.04. The molecule has 1 aromatic carbocycles. The molecule has 1 amide bonds. The highest BCUT2D eigenvalue weighted by atomic mass is 16.1. The quantitative estimate of drug-likeness (QED) is 0.631. The van der Waals surface area contributed by atoms with Gasteiger partial charge in [-0.3, -0.25) is 4.79 Å².